The number of amides is 2. The van der Waals surface area contributed by atoms with Gasteiger partial charge in [0.05, 0.1) is 31.6 Å². The maximum Gasteiger partial charge on any atom is 0.270 e. The minimum atomic E-state index is -0.488. The predicted octanol–water partition coefficient (Wildman–Crippen LogP) is 4.80. The third kappa shape index (κ3) is 7.00. The number of nitrogens with one attached hydrogen (secondary N) is 1. The lowest BCUT2D eigenvalue weighted by Crippen LogP contribution is -2.49. The number of pyridine rings is 2. The summed E-state index contributed by atoms with van der Waals surface area (Å²) in [5.41, 5.74) is 3.60. The fraction of sp³-hybridized carbons (Fsp3) is 0.333. The molecule has 0 saturated carbocycles. The van der Waals surface area contributed by atoms with Crippen LogP contribution in [0.3, 0.4) is 0 Å². The number of aromatic nitrogens is 6. The number of piperazine rings is 1. The number of aryl methyl sites for hydroxylation is 1. The van der Waals surface area contributed by atoms with E-state index in [2.05, 4.69) is 36.2 Å². The Morgan fingerprint density at radius 2 is 1.78 bits per heavy atom. The van der Waals surface area contributed by atoms with E-state index >= 15 is 4.39 Å². The molecule has 0 bridgehead atoms. The molecule has 1 saturated heterocycles. The quantitative estimate of drug-likeness (QED) is 0.227. The van der Waals surface area contributed by atoms with Crippen molar-refractivity contribution in [3.63, 3.8) is 0 Å². The zero-order valence-electron chi connectivity index (χ0n) is 29.9. The highest BCUT2D eigenvalue weighted by molar-refractivity contribution is 6.03. The molecule has 4 aromatic heterocycles. The van der Waals surface area contributed by atoms with E-state index in [-0.39, 0.29) is 30.3 Å². The van der Waals surface area contributed by atoms with Crippen LogP contribution in [0, 0.1) is 11.6 Å². The summed E-state index contributed by atoms with van der Waals surface area (Å²) in [5, 5.41) is 8.39. The molecule has 2 amide bonds. The highest BCUT2D eigenvalue weighted by Crippen LogP contribution is 2.37. The number of carbonyl (C=O) groups is 2. The first-order valence-electron chi connectivity index (χ1n) is 18.1. The highest BCUT2D eigenvalue weighted by atomic mass is 19.1. The Bertz CT molecular complexity index is 2230. The van der Waals surface area contributed by atoms with E-state index < -0.39 is 11.6 Å². The van der Waals surface area contributed by atoms with Crippen LogP contribution in [0.15, 0.2) is 73.3 Å². The van der Waals surface area contributed by atoms with Gasteiger partial charge in [0.15, 0.2) is 17.4 Å². The maximum atomic E-state index is 16.8. The van der Waals surface area contributed by atoms with Crippen LogP contribution in [0.4, 0.5) is 20.4 Å². The molecular formula is C39H40F2N10O3. The highest BCUT2D eigenvalue weighted by Gasteiger charge is 2.29. The van der Waals surface area contributed by atoms with E-state index in [1.165, 1.54) is 13.2 Å². The van der Waals surface area contributed by atoms with Crippen molar-refractivity contribution in [3.05, 3.63) is 102 Å². The Morgan fingerprint density at radius 3 is 2.52 bits per heavy atom. The van der Waals surface area contributed by atoms with Crippen molar-refractivity contribution in [2.75, 3.05) is 69.3 Å². The second-order valence-corrected chi connectivity index (χ2v) is 13.6. The van der Waals surface area contributed by atoms with Crippen LogP contribution in [0.1, 0.15) is 40.9 Å². The summed E-state index contributed by atoms with van der Waals surface area (Å²) in [6.45, 7) is 4.29. The molecule has 5 aromatic rings. The first kappa shape index (κ1) is 34.9. The van der Waals surface area contributed by atoms with Gasteiger partial charge in [0.1, 0.15) is 17.3 Å². The average molecular weight is 735 g/mol. The van der Waals surface area contributed by atoms with Crippen molar-refractivity contribution in [2.45, 2.75) is 25.8 Å². The lowest BCUT2D eigenvalue weighted by Gasteiger charge is -2.35. The van der Waals surface area contributed by atoms with E-state index in [1.807, 2.05) is 35.2 Å². The molecular weight excluding hydrogens is 694 g/mol. The van der Waals surface area contributed by atoms with Gasteiger partial charge in [-0.25, -0.2) is 18.7 Å². The van der Waals surface area contributed by atoms with Gasteiger partial charge < -0.3 is 29.3 Å². The molecule has 278 valence electrons. The minimum Gasteiger partial charge on any atom is -0.493 e. The van der Waals surface area contributed by atoms with E-state index in [0.717, 1.165) is 35.3 Å². The Labute approximate surface area is 310 Å². The van der Waals surface area contributed by atoms with Gasteiger partial charge in [-0.15, -0.1) is 5.10 Å². The van der Waals surface area contributed by atoms with Gasteiger partial charge in [-0.2, -0.15) is 0 Å². The Morgan fingerprint density at radius 1 is 0.907 bits per heavy atom. The minimum absolute atomic E-state index is 0.0380. The number of nitrogens with zero attached hydrogens (tertiary/aromatic N) is 9. The van der Waals surface area contributed by atoms with E-state index in [9.17, 15) is 14.0 Å². The van der Waals surface area contributed by atoms with Crippen molar-refractivity contribution in [3.8, 4) is 5.75 Å². The number of benzene rings is 1. The van der Waals surface area contributed by atoms with Crippen LogP contribution in [0.2, 0.25) is 0 Å². The number of H-pyrrole nitrogens is 1. The molecule has 3 aliphatic heterocycles. The zero-order chi connectivity index (χ0) is 37.2. The van der Waals surface area contributed by atoms with Gasteiger partial charge >= 0.3 is 0 Å². The molecule has 0 radical (unpaired) electrons. The summed E-state index contributed by atoms with van der Waals surface area (Å²) < 4.78 is 37.6. The Kier molecular flexibility index (Phi) is 9.76. The Hall–Kier alpha value is -6.12. The van der Waals surface area contributed by atoms with Crippen LogP contribution < -0.4 is 14.5 Å². The Balaban J connectivity index is 1.08. The monoisotopic (exact) mass is 734 g/mol. The molecule has 0 aliphatic carbocycles. The maximum absolute atomic E-state index is 16.8. The second kappa shape index (κ2) is 15.1. The summed E-state index contributed by atoms with van der Waals surface area (Å²) >= 11 is 0. The SMILES string of the molecule is COc1cc(F)cnc1N1CCN(C(=O)c2cc3c(C4=CCN(c5ccccn5)CC4)cc(C4=CCCN(C(=O)CCn5ccnn5)C4)c(F)c3[nH]2)CC1. The summed E-state index contributed by atoms with van der Waals surface area (Å²) in [5.74, 6) is 0.518. The number of methoxy groups -OCH3 is 1. The van der Waals surface area contributed by atoms with Crippen molar-refractivity contribution >= 4 is 45.5 Å². The largest absolute Gasteiger partial charge is 0.493 e. The molecule has 3 aliphatic rings. The van der Waals surface area contributed by atoms with Crippen molar-refractivity contribution in [2.24, 2.45) is 0 Å². The molecule has 8 rings (SSSR count). The number of ether oxygens (including phenoxy) is 1. The normalized spacial score (nSPS) is 16.4. The lowest BCUT2D eigenvalue weighted by atomic mass is 9.91. The summed E-state index contributed by atoms with van der Waals surface area (Å²) in [6.07, 6.45) is 11.9. The molecule has 1 aromatic carbocycles. The summed E-state index contributed by atoms with van der Waals surface area (Å²) in [7, 11) is 1.47. The third-order valence-corrected chi connectivity index (χ3v) is 10.4. The van der Waals surface area contributed by atoms with Crippen LogP contribution in [0.5, 0.6) is 5.75 Å². The van der Waals surface area contributed by atoms with Crippen LogP contribution in [-0.2, 0) is 11.3 Å². The summed E-state index contributed by atoms with van der Waals surface area (Å²) in [4.78, 5) is 46.8. The molecule has 54 heavy (non-hydrogen) atoms. The predicted molar refractivity (Wildman–Crippen MR) is 200 cm³/mol. The fourth-order valence-electron chi connectivity index (χ4n) is 7.50. The number of carbonyl (C=O) groups excluding carboxylic acids is 2. The van der Waals surface area contributed by atoms with Crippen LogP contribution >= 0.6 is 0 Å². The van der Waals surface area contributed by atoms with Crippen molar-refractivity contribution < 1.29 is 23.1 Å². The second-order valence-electron chi connectivity index (χ2n) is 13.6. The van der Waals surface area contributed by atoms with Crippen molar-refractivity contribution in [1.29, 1.82) is 0 Å². The van der Waals surface area contributed by atoms with Gasteiger partial charge in [0.25, 0.3) is 5.91 Å². The first-order valence-corrected chi connectivity index (χ1v) is 18.1. The van der Waals surface area contributed by atoms with E-state index in [0.29, 0.717) is 86.9 Å². The number of rotatable bonds is 9. The molecule has 1 fully saturated rings. The van der Waals surface area contributed by atoms with Crippen LogP contribution in [0.25, 0.3) is 22.0 Å². The summed E-state index contributed by atoms with van der Waals surface area (Å²) in [6, 6.07) is 10.8. The third-order valence-electron chi connectivity index (χ3n) is 10.4. The number of hydrogen-bond acceptors (Lipinski definition) is 9. The van der Waals surface area contributed by atoms with E-state index in [1.54, 1.807) is 39.1 Å². The van der Waals surface area contributed by atoms with E-state index in [4.69, 9.17) is 4.74 Å². The molecule has 0 atom stereocenters. The topological polar surface area (TPSA) is 129 Å². The molecule has 1 N–H and O–H groups in total. The van der Waals surface area contributed by atoms with Gasteiger partial charge in [0, 0.05) is 88.2 Å². The zero-order valence-corrected chi connectivity index (χ0v) is 29.9. The number of fused-ring (bicyclic) bond motifs is 1. The number of aromatic amines is 1. The number of hydrogen-bond donors (Lipinski definition) is 1. The average Bonchev–Trinajstić information content (AvgIpc) is 3.92. The van der Waals surface area contributed by atoms with Gasteiger partial charge in [-0.1, -0.05) is 23.4 Å². The molecule has 15 heteroatoms. The number of halogens is 2. The molecule has 13 nitrogen and oxygen atoms in total. The van der Waals surface area contributed by atoms with Gasteiger partial charge in [-0.05, 0) is 53.8 Å². The fourth-order valence-corrected chi connectivity index (χ4v) is 7.50. The smallest absolute Gasteiger partial charge is 0.270 e. The van der Waals surface area contributed by atoms with Gasteiger partial charge in [-0.3, -0.25) is 14.3 Å². The lowest BCUT2D eigenvalue weighted by molar-refractivity contribution is -0.131. The molecule has 7 heterocycles. The standard InChI is InChI=1S/C39H40F2N10O3/c1-54-33-21-28(40)24-43-38(33)48-17-19-49(20-18-48)39(53)32-23-31-29(26-7-13-47(14-8-26)34-6-2-3-10-42-34)22-30(36(41)37(31)45-32)27-5-4-12-50(25-27)35(52)9-15-51-16-11-44-46-51/h2-3,5-7,10-11,16,21-24,45H,4,8-9,12-15,17-20,25H2,1H3. The van der Waals surface area contributed by atoms with Crippen LogP contribution in [-0.4, -0.2) is 111 Å². The van der Waals surface area contributed by atoms with Crippen molar-refractivity contribution in [1.82, 2.24) is 39.7 Å². The first-order chi connectivity index (χ1) is 26.4. The molecule has 0 unspecified atom stereocenters. The number of anilines is 2. The van der Waals surface area contributed by atoms with Gasteiger partial charge in [0.2, 0.25) is 5.91 Å². The molecule has 0 spiro atoms.